The Bertz CT molecular complexity index is 519. The van der Waals surface area contributed by atoms with E-state index in [1.807, 2.05) is 30.5 Å². The summed E-state index contributed by atoms with van der Waals surface area (Å²) in [7, 11) is 0. The highest BCUT2D eigenvalue weighted by Crippen LogP contribution is 2.49. The van der Waals surface area contributed by atoms with Gasteiger partial charge >= 0.3 is 0 Å². The van der Waals surface area contributed by atoms with E-state index in [0.717, 1.165) is 17.9 Å². The zero-order valence-electron chi connectivity index (χ0n) is 11.4. The molecule has 96 valence electrons. The fourth-order valence-electron chi connectivity index (χ4n) is 3.33. The predicted octanol–water partition coefficient (Wildman–Crippen LogP) is 3.28. The highest BCUT2D eigenvalue weighted by molar-refractivity contribution is 5.79. The zero-order chi connectivity index (χ0) is 13.0. The summed E-state index contributed by atoms with van der Waals surface area (Å²) in [5.74, 6) is 0.860. The van der Waals surface area contributed by atoms with Crippen molar-refractivity contribution >= 4 is 11.9 Å². The Labute approximate surface area is 108 Å². The Kier molecular flexibility index (Phi) is 2.18. The fraction of sp³-hybridized carbons (Fsp3) is 0.533. The van der Waals surface area contributed by atoms with Crippen molar-refractivity contribution in [2.24, 2.45) is 10.4 Å². The lowest BCUT2D eigenvalue weighted by atomic mass is 9.79. The van der Waals surface area contributed by atoms with Gasteiger partial charge in [-0.15, -0.1) is 0 Å². The SMILES string of the molecule is CC1(C)CC(C)(C)[C@]2(C=Nc3ccccc3O2)N1. The first-order chi connectivity index (χ1) is 8.34. The molecule has 18 heavy (non-hydrogen) atoms. The van der Waals surface area contributed by atoms with Crippen LogP contribution >= 0.6 is 0 Å². The molecule has 2 aliphatic rings. The molecule has 2 aliphatic heterocycles. The first kappa shape index (κ1) is 11.7. The summed E-state index contributed by atoms with van der Waals surface area (Å²) in [5.41, 5.74) is 0.477. The lowest BCUT2D eigenvalue weighted by Gasteiger charge is -2.40. The molecule has 2 heterocycles. The van der Waals surface area contributed by atoms with Gasteiger partial charge < -0.3 is 4.74 Å². The van der Waals surface area contributed by atoms with Crippen LogP contribution in [-0.4, -0.2) is 17.5 Å². The smallest absolute Gasteiger partial charge is 0.202 e. The fourth-order valence-corrected chi connectivity index (χ4v) is 3.33. The van der Waals surface area contributed by atoms with Gasteiger partial charge in [-0.3, -0.25) is 10.3 Å². The number of aliphatic imine (C=N–C) groups is 1. The van der Waals surface area contributed by atoms with Crippen LogP contribution in [0.4, 0.5) is 5.69 Å². The van der Waals surface area contributed by atoms with E-state index in [1.54, 1.807) is 0 Å². The Morgan fingerprint density at radius 3 is 2.56 bits per heavy atom. The summed E-state index contributed by atoms with van der Waals surface area (Å²) < 4.78 is 6.27. The average Bonchev–Trinajstić information content (AvgIpc) is 2.43. The molecule has 1 aromatic carbocycles. The van der Waals surface area contributed by atoms with E-state index < -0.39 is 5.72 Å². The van der Waals surface area contributed by atoms with Crippen LogP contribution in [0.2, 0.25) is 0 Å². The van der Waals surface area contributed by atoms with Gasteiger partial charge in [-0.05, 0) is 32.4 Å². The van der Waals surface area contributed by atoms with Gasteiger partial charge in [0, 0.05) is 11.0 Å². The maximum absolute atomic E-state index is 6.27. The largest absolute Gasteiger partial charge is 0.465 e. The van der Waals surface area contributed by atoms with Crippen molar-refractivity contribution in [3.8, 4) is 5.75 Å². The molecule has 1 fully saturated rings. The van der Waals surface area contributed by atoms with E-state index in [0.29, 0.717) is 0 Å². The summed E-state index contributed by atoms with van der Waals surface area (Å²) in [6.07, 6.45) is 2.98. The summed E-state index contributed by atoms with van der Waals surface area (Å²) in [6, 6.07) is 7.93. The van der Waals surface area contributed by atoms with Crippen LogP contribution in [0.1, 0.15) is 34.1 Å². The van der Waals surface area contributed by atoms with E-state index in [1.165, 1.54) is 0 Å². The molecule has 1 N–H and O–H groups in total. The van der Waals surface area contributed by atoms with Crippen LogP contribution in [0, 0.1) is 5.41 Å². The Morgan fingerprint density at radius 2 is 1.89 bits per heavy atom. The molecule has 0 aliphatic carbocycles. The molecule has 0 aromatic heterocycles. The third-order valence-corrected chi connectivity index (χ3v) is 3.94. The average molecular weight is 244 g/mol. The molecular weight excluding hydrogens is 224 g/mol. The van der Waals surface area contributed by atoms with Crippen molar-refractivity contribution in [2.45, 2.75) is 45.4 Å². The van der Waals surface area contributed by atoms with Gasteiger partial charge in [0.05, 0.1) is 6.21 Å². The second kappa shape index (κ2) is 3.35. The van der Waals surface area contributed by atoms with Crippen molar-refractivity contribution in [3.63, 3.8) is 0 Å². The minimum atomic E-state index is -0.495. The minimum Gasteiger partial charge on any atom is -0.465 e. The summed E-state index contributed by atoms with van der Waals surface area (Å²) in [5, 5.41) is 3.61. The maximum atomic E-state index is 6.27. The van der Waals surface area contributed by atoms with Crippen LogP contribution in [0.5, 0.6) is 5.75 Å². The molecule has 3 heteroatoms. The Hall–Kier alpha value is -1.35. The number of hydrogen-bond acceptors (Lipinski definition) is 3. The van der Waals surface area contributed by atoms with Crippen LogP contribution < -0.4 is 10.1 Å². The molecule has 0 bridgehead atoms. The predicted molar refractivity (Wildman–Crippen MR) is 73.6 cm³/mol. The molecule has 1 aromatic rings. The first-order valence-electron chi connectivity index (χ1n) is 6.46. The van der Waals surface area contributed by atoms with E-state index in [9.17, 15) is 0 Å². The lowest BCUT2D eigenvalue weighted by Crippen LogP contribution is -2.59. The van der Waals surface area contributed by atoms with Crippen molar-refractivity contribution in [1.82, 2.24) is 5.32 Å². The third-order valence-electron chi connectivity index (χ3n) is 3.94. The highest BCUT2D eigenvalue weighted by Gasteiger charge is 2.57. The number of para-hydroxylation sites is 2. The third kappa shape index (κ3) is 1.57. The molecule has 1 atom stereocenters. The van der Waals surface area contributed by atoms with Crippen molar-refractivity contribution < 1.29 is 4.74 Å². The maximum Gasteiger partial charge on any atom is 0.202 e. The number of rotatable bonds is 0. The second-order valence-electron chi connectivity index (χ2n) is 6.63. The number of hydrogen-bond donors (Lipinski definition) is 1. The summed E-state index contributed by atoms with van der Waals surface area (Å²) >= 11 is 0. The topological polar surface area (TPSA) is 33.6 Å². The van der Waals surface area contributed by atoms with E-state index in [4.69, 9.17) is 4.74 Å². The van der Waals surface area contributed by atoms with Crippen molar-refractivity contribution in [2.75, 3.05) is 0 Å². The molecule has 3 rings (SSSR count). The number of benzene rings is 1. The van der Waals surface area contributed by atoms with Crippen LogP contribution in [0.3, 0.4) is 0 Å². The van der Waals surface area contributed by atoms with E-state index >= 15 is 0 Å². The molecule has 1 saturated heterocycles. The molecule has 1 spiro atoms. The van der Waals surface area contributed by atoms with Gasteiger partial charge in [-0.1, -0.05) is 26.0 Å². The standard InChI is InChI=1S/C15H20N2O/c1-13(2)9-14(3,4)17-15(13)10-16-11-7-5-6-8-12(11)18-15/h5-8,10,17H,9H2,1-4H3/t15-/m1/s1. The monoisotopic (exact) mass is 244 g/mol. The molecule has 0 unspecified atom stereocenters. The molecular formula is C15H20N2O. The quantitative estimate of drug-likeness (QED) is 0.760. The normalized spacial score (nSPS) is 31.1. The minimum absolute atomic E-state index is 0.00747. The molecule has 0 amide bonds. The number of fused-ring (bicyclic) bond motifs is 1. The summed E-state index contributed by atoms with van der Waals surface area (Å²) in [6.45, 7) is 8.88. The van der Waals surface area contributed by atoms with Gasteiger partial charge in [0.2, 0.25) is 5.72 Å². The highest BCUT2D eigenvalue weighted by atomic mass is 16.5. The Morgan fingerprint density at radius 1 is 1.17 bits per heavy atom. The number of nitrogens with one attached hydrogen (secondary N) is 1. The van der Waals surface area contributed by atoms with Crippen molar-refractivity contribution in [3.05, 3.63) is 24.3 Å². The van der Waals surface area contributed by atoms with Crippen molar-refractivity contribution in [1.29, 1.82) is 0 Å². The lowest BCUT2D eigenvalue weighted by molar-refractivity contribution is 0.0285. The van der Waals surface area contributed by atoms with Gasteiger partial charge in [0.1, 0.15) is 11.4 Å². The van der Waals surface area contributed by atoms with Gasteiger partial charge in [-0.2, -0.15) is 0 Å². The molecule has 3 nitrogen and oxygen atoms in total. The van der Waals surface area contributed by atoms with Crippen LogP contribution in [-0.2, 0) is 0 Å². The van der Waals surface area contributed by atoms with Crippen LogP contribution in [0.25, 0.3) is 0 Å². The van der Waals surface area contributed by atoms with Gasteiger partial charge in [0.25, 0.3) is 0 Å². The van der Waals surface area contributed by atoms with E-state index in [2.05, 4.69) is 38.0 Å². The van der Waals surface area contributed by atoms with Crippen LogP contribution in [0.15, 0.2) is 29.3 Å². The second-order valence-corrected chi connectivity index (χ2v) is 6.63. The number of ether oxygens (including phenoxy) is 1. The first-order valence-corrected chi connectivity index (χ1v) is 6.46. The van der Waals surface area contributed by atoms with Gasteiger partial charge in [0.15, 0.2) is 0 Å². The molecule has 0 saturated carbocycles. The van der Waals surface area contributed by atoms with Gasteiger partial charge in [-0.25, -0.2) is 0 Å². The number of nitrogens with zero attached hydrogens (tertiary/aromatic N) is 1. The molecule has 0 radical (unpaired) electrons. The summed E-state index contributed by atoms with van der Waals surface area (Å²) in [4.78, 5) is 4.58. The zero-order valence-corrected chi connectivity index (χ0v) is 11.4. The van der Waals surface area contributed by atoms with E-state index in [-0.39, 0.29) is 11.0 Å². The Balaban J connectivity index is 2.05.